The number of allylic oxidation sites excluding steroid dienone is 2. The molecule has 7 nitrogen and oxygen atoms in total. The van der Waals surface area contributed by atoms with Gasteiger partial charge in [0.25, 0.3) is 0 Å². The number of benzene rings is 2. The highest BCUT2D eigenvalue weighted by molar-refractivity contribution is 7.89. The maximum Gasteiger partial charge on any atom is 0.451 e. The lowest BCUT2D eigenvalue weighted by Crippen LogP contribution is -2.46. The number of carbonyl (C=O) groups is 1. The number of hydrogen-bond donors (Lipinski definition) is 2. The molecule has 0 radical (unpaired) electrons. The van der Waals surface area contributed by atoms with Gasteiger partial charge >= 0.3 is 6.18 Å². The smallest absolute Gasteiger partial charge is 0.351 e. The van der Waals surface area contributed by atoms with Gasteiger partial charge in [-0.2, -0.15) is 17.9 Å². The van der Waals surface area contributed by atoms with E-state index in [2.05, 4.69) is 20.0 Å². The Bertz CT molecular complexity index is 1470. The van der Waals surface area contributed by atoms with E-state index in [1.54, 1.807) is 0 Å². The number of hydrogen-bond acceptors (Lipinski definition) is 5. The van der Waals surface area contributed by atoms with E-state index < -0.39 is 45.6 Å². The molecule has 1 amide bonds. The highest BCUT2D eigenvalue weighted by Crippen LogP contribution is 2.33. The molecule has 3 aromatic rings. The molecule has 1 aromatic heterocycles. The fourth-order valence-electron chi connectivity index (χ4n) is 3.67. The zero-order chi connectivity index (χ0) is 27.7. The molecule has 0 bridgehead atoms. The molecule has 13 heteroatoms. The van der Waals surface area contributed by atoms with Crippen molar-refractivity contribution >= 4 is 15.9 Å². The van der Waals surface area contributed by atoms with E-state index in [0.29, 0.717) is 5.56 Å². The molecule has 0 saturated carbocycles. The maximum absolute atomic E-state index is 14.5. The van der Waals surface area contributed by atoms with Crippen molar-refractivity contribution in [2.45, 2.75) is 37.0 Å². The molecule has 2 aromatic carbocycles. The van der Waals surface area contributed by atoms with Crippen molar-refractivity contribution in [3.63, 3.8) is 0 Å². The molecule has 0 spiro atoms. The van der Waals surface area contributed by atoms with Gasteiger partial charge in [0.05, 0.1) is 4.90 Å². The van der Waals surface area contributed by atoms with Crippen LogP contribution < -0.4 is 10.0 Å². The first kappa shape index (κ1) is 27.3. The highest BCUT2D eigenvalue weighted by Gasteiger charge is 2.34. The first-order valence-electron chi connectivity index (χ1n) is 11.3. The summed E-state index contributed by atoms with van der Waals surface area (Å²) in [6, 6.07) is 6.62. The predicted molar refractivity (Wildman–Crippen MR) is 127 cm³/mol. The van der Waals surface area contributed by atoms with E-state index in [1.807, 2.05) is 13.0 Å². The second kappa shape index (κ2) is 10.6. The summed E-state index contributed by atoms with van der Waals surface area (Å²) >= 11 is 0. The van der Waals surface area contributed by atoms with Gasteiger partial charge in [-0.05, 0) is 61.2 Å². The molecule has 0 unspecified atom stereocenters. The Morgan fingerprint density at radius 3 is 2.24 bits per heavy atom. The topological polar surface area (TPSA) is 101 Å². The van der Waals surface area contributed by atoms with Gasteiger partial charge in [-0.15, -0.1) is 0 Å². The van der Waals surface area contributed by atoms with Crippen LogP contribution in [0.3, 0.4) is 0 Å². The fraction of sp³-hybridized carbons (Fsp3) is 0.240. The molecule has 1 aliphatic carbocycles. The first-order chi connectivity index (χ1) is 17.8. The Kier molecular flexibility index (Phi) is 7.61. The van der Waals surface area contributed by atoms with Crippen LogP contribution in [0.2, 0.25) is 0 Å². The van der Waals surface area contributed by atoms with E-state index in [9.17, 15) is 35.2 Å². The van der Waals surface area contributed by atoms with Gasteiger partial charge in [0.1, 0.15) is 17.7 Å². The largest absolute Gasteiger partial charge is 0.451 e. The molecular formula is C25H21F5N4O3S. The monoisotopic (exact) mass is 552 g/mol. The molecule has 4 rings (SSSR count). The predicted octanol–water partition coefficient (Wildman–Crippen LogP) is 4.37. The second-order valence-corrected chi connectivity index (χ2v) is 10.4. The number of nitrogens with one attached hydrogen (secondary N) is 2. The van der Waals surface area contributed by atoms with Crippen molar-refractivity contribution in [1.82, 2.24) is 20.0 Å². The summed E-state index contributed by atoms with van der Waals surface area (Å²) in [5, 5.41) is 2.51. The number of carbonyl (C=O) groups excluding carboxylic acids is 1. The van der Waals surface area contributed by atoms with Crippen molar-refractivity contribution < 1.29 is 35.2 Å². The molecule has 2 N–H and O–H groups in total. The van der Waals surface area contributed by atoms with Crippen molar-refractivity contribution in [2.24, 2.45) is 5.92 Å². The average Bonchev–Trinajstić information content (AvgIpc) is 3.56. The molecule has 38 heavy (non-hydrogen) atoms. The van der Waals surface area contributed by atoms with Crippen molar-refractivity contribution in [1.29, 1.82) is 0 Å². The summed E-state index contributed by atoms with van der Waals surface area (Å²) in [4.78, 5) is 19.3. The first-order valence-corrected chi connectivity index (χ1v) is 12.7. The maximum atomic E-state index is 14.5. The standard InChI is InChI=1S/C25H21F5N4O3S/c1-14-8-16(14)10-22(34-38(36,37)20-5-3-19(26)4-6-20)23(35)31-11-17-9-15(2-7-21(17)27)18-12-32-24(33-13-18)25(28,29)30/h2-9,12-13,16,22,34H,10-11H2,1H3,(H,31,35)/t16-,22-/m0/s1. The molecular weight excluding hydrogens is 531 g/mol. The van der Waals surface area contributed by atoms with Gasteiger partial charge < -0.3 is 5.32 Å². The molecule has 2 atom stereocenters. The van der Waals surface area contributed by atoms with E-state index in [-0.39, 0.29) is 34.9 Å². The van der Waals surface area contributed by atoms with Crippen LogP contribution in [0.25, 0.3) is 11.1 Å². The molecule has 200 valence electrons. The molecule has 0 saturated heterocycles. The van der Waals surface area contributed by atoms with Crippen molar-refractivity contribution in [2.75, 3.05) is 0 Å². The average molecular weight is 553 g/mol. The zero-order valence-corrected chi connectivity index (χ0v) is 20.6. The Morgan fingerprint density at radius 1 is 1.03 bits per heavy atom. The number of nitrogens with zero attached hydrogens (tertiary/aromatic N) is 2. The van der Waals surface area contributed by atoms with Crippen LogP contribution in [0.15, 0.2) is 71.4 Å². The summed E-state index contributed by atoms with van der Waals surface area (Å²) in [5.74, 6) is -3.42. The van der Waals surface area contributed by atoms with Crippen LogP contribution in [0.4, 0.5) is 22.0 Å². The lowest BCUT2D eigenvalue weighted by Gasteiger charge is -2.19. The van der Waals surface area contributed by atoms with Gasteiger partial charge in [0, 0.05) is 30.1 Å². The minimum atomic E-state index is -4.71. The van der Waals surface area contributed by atoms with E-state index in [4.69, 9.17) is 0 Å². The Labute approximate surface area is 214 Å². The summed E-state index contributed by atoms with van der Waals surface area (Å²) in [6.45, 7) is 1.51. The van der Waals surface area contributed by atoms with Crippen molar-refractivity contribution in [3.8, 4) is 11.1 Å². The van der Waals surface area contributed by atoms with Gasteiger partial charge in [0.2, 0.25) is 21.8 Å². The summed E-state index contributed by atoms with van der Waals surface area (Å²) in [6.07, 6.45) is -0.807. The van der Waals surface area contributed by atoms with Crippen molar-refractivity contribution in [3.05, 3.63) is 89.5 Å². The zero-order valence-electron chi connectivity index (χ0n) is 19.8. The number of amides is 1. The van der Waals surface area contributed by atoms with Crippen LogP contribution in [-0.2, 0) is 27.5 Å². The minimum Gasteiger partial charge on any atom is -0.351 e. The highest BCUT2D eigenvalue weighted by atomic mass is 32.2. The number of aromatic nitrogens is 2. The quantitative estimate of drug-likeness (QED) is 0.303. The van der Waals surface area contributed by atoms with Gasteiger partial charge in [-0.1, -0.05) is 17.7 Å². The lowest BCUT2D eigenvalue weighted by atomic mass is 10.0. The van der Waals surface area contributed by atoms with Crippen LogP contribution in [0.1, 0.15) is 24.7 Å². The van der Waals surface area contributed by atoms with E-state index >= 15 is 0 Å². The molecule has 0 fully saturated rings. The molecule has 0 aliphatic heterocycles. The SMILES string of the molecule is CC1=C[C@H]1C[C@H](NS(=O)(=O)c1ccc(F)cc1)C(=O)NCc1cc(-c2cnc(C(F)(F)F)nc2)ccc1F. The van der Waals surface area contributed by atoms with Crippen LogP contribution in [0.5, 0.6) is 0 Å². The lowest BCUT2D eigenvalue weighted by molar-refractivity contribution is -0.145. The molecule has 1 aliphatic rings. The van der Waals surface area contributed by atoms with Gasteiger partial charge in [-0.3, -0.25) is 4.79 Å². The summed E-state index contributed by atoms with van der Waals surface area (Å²) in [5.41, 5.74) is 1.51. The molecule has 1 heterocycles. The Hall–Kier alpha value is -3.71. The minimum absolute atomic E-state index is 0.0108. The van der Waals surface area contributed by atoms with Gasteiger partial charge in [0.15, 0.2) is 0 Å². The van der Waals surface area contributed by atoms with E-state index in [1.165, 1.54) is 12.1 Å². The fourth-order valence-corrected chi connectivity index (χ4v) is 4.88. The summed E-state index contributed by atoms with van der Waals surface area (Å²) in [7, 11) is -4.17. The Balaban J connectivity index is 1.48. The Morgan fingerprint density at radius 2 is 1.66 bits per heavy atom. The third-order valence-corrected chi connectivity index (χ3v) is 7.39. The third kappa shape index (κ3) is 6.58. The van der Waals surface area contributed by atoms with E-state index in [0.717, 1.165) is 48.3 Å². The van der Waals surface area contributed by atoms with Crippen LogP contribution in [0, 0.1) is 17.6 Å². The second-order valence-electron chi connectivity index (χ2n) is 8.70. The summed E-state index contributed by atoms with van der Waals surface area (Å²) < 4.78 is 93.8. The normalized spacial score (nSPS) is 16.1. The number of halogens is 5. The van der Waals surface area contributed by atoms with Crippen LogP contribution in [-0.4, -0.2) is 30.3 Å². The number of rotatable bonds is 9. The third-order valence-electron chi connectivity index (χ3n) is 5.90. The van der Waals surface area contributed by atoms with Gasteiger partial charge in [-0.25, -0.2) is 27.2 Å². The number of sulfonamides is 1. The number of alkyl halides is 3. The van der Waals surface area contributed by atoms with Crippen LogP contribution >= 0.6 is 0 Å².